The van der Waals surface area contributed by atoms with Crippen LogP contribution in [0.5, 0.6) is 0 Å². The average molecular weight is 417 g/mol. The molecule has 0 saturated carbocycles. The fraction of sp³-hybridized carbons (Fsp3) is 0.0370. The number of benzene rings is 4. The van der Waals surface area contributed by atoms with Crippen LogP contribution in [0.4, 0.5) is 16.2 Å². The smallest absolute Gasteiger partial charge is 0.353 e. The first-order chi connectivity index (χ1) is 15.7. The summed E-state index contributed by atoms with van der Waals surface area (Å²) in [5.41, 5.74) is 6.22. The van der Waals surface area contributed by atoms with Crippen molar-refractivity contribution < 1.29 is 9.90 Å². The Bertz CT molecular complexity index is 1380. The Kier molecular flexibility index (Phi) is 4.16. The first kappa shape index (κ1) is 18.5. The van der Waals surface area contributed by atoms with E-state index in [1.807, 2.05) is 103 Å². The number of amides is 2. The Hall–Kier alpha value is -4.22. The number of carbonyl (C=O) groups is 1. The monoisotopic (exact) mass is 417 g/mol. The lowest BCUT2D eigenvalue weighted by Crippen LogP contribution is -2.58. The summed E-state index contributed by atoms with van der Waals surface area (Å²) in [7, 11) is 0. The van der Waals surface area contributed by atoms with E-state index in [0.717, 1.165) is 33.5 Å². The lowest BCUT2D eigenvalue weighted by molar-refractivity contribution is 0.173. The third kappa shape index (κ3) is 2.76. The minimum atomic E-state index is -1.23. The fourth-order valence-electron chi connectivity index (χ4n) is 4.48. The number of carbonyl (C=O) groups excluding carboxylic acids is 1. The van der Waals surface area contributed by atoms with E-state index in [4.69, 9.17) is 0 Å². The van der Waals surface area contributed by atoms with Gasteiger partial charge in [-0.2, -0.15) is 4.99 Å². The van der Waals surface area contributed by atoms with Gasteiger partial charge in [-0.05, 0) is 34.9 Å². The van der Waals surface area contributed by atoms with Crippen LogP contribution in [0.3, 0.4) is 0 Å². The number of anilines is 2. The van der Waals surface area contributed by atoms with Gasteiger partial charge in [0.05, 0.1) is 11.4 Å². The Morgan fingerprint density at radius 3 is 2.12 bits per heavy atom. The third-order valence-corrected chi connectivity index (χ3v) is 5.95. The first-order valence-electron chi connectivity index (χ1n) is 10.5. The number of aliphatic hydroxyl groups excluding tert-OH is 1. The Balaban J connectivity index is 1.50. The van der Waals surface area contributed by atoms with Gasteiger partial charge >= 0.3 is 6.03 Å². The molecular weight excluding hydrogens is 398 g/mol. The zero-order chi connectivity index (χ0) is 21.7. The largest absolute Gasteiger partial charge is 0.356 e. The molecule has 32 heavy (non-hydrogen) atoms. The van der Waals surface area contributed by atoms with Gasteiger partial charge in [0, 0.05) is 11.1 Å². The van der Waals surface area contributed by atoms with Gasteiger partial charge in [-0.1, -0.05) is 84.9 Å². The van der Waals surface area contributed by atoms with Crippen LogP contribution in [0.1, 0.15) is 5.56 Å². The molecule has 6 rings (SSSR count). The van der Waals surface area contributed by atoms with Crippen molar-refractivity contribution in [3.8, 4) is 22.3 Å². The minimum absolute atomic E-state index is 0.465. The van der Waals surface area contributed by atoms with Crippen LogP contribution in [0.25, 0.3) is 22.3 Å². The molecule has 0 fully saturated rings. The van der Waals surface area contributed by atoms with Crippen molar-refractivity contribution in [3.05, 3.63) is 109 Å². The predicted octanol–water partition coefficient (Wildman–Crippen LogP) is 5.50. The zero-order valence-corrected chi connectivity index (χ0v) is 17.1. The number of amidine groups is 1. The molecule has 1 unspecified atom stereocenters. The normalized spacial score (nSPS) is 16.7. The van der Waals surface area contributed by atoms with Crippen LogP contribution >= 0.6 is 0 Å². The van der Waals surface area contributed by atoms with Gasteiger partial charge in [-0.25, -0.2) is 9.69 Å². The number of nitrogens with zero attached hydrogens (tertiary/aromatic N) is 3. The lowest BCUT2D eigenvalue weighted by atomic mass is 9.92. The molecule has 5 heteroatoms. The summed E-state index contributed by atoms with van der Waals surface area (Å²) in [5, 5.41) is 11.5. The van der Waals surface area contributed by atoms with Crippen LogP contribution in [-0.2, 0) is 0 Å². The van der Waals surface area contributed by atoms with Gasteiger partial charge in [0.25, 0.3) is 0 Å². The standard InChI is InChI=1S/C27H19N3O2/c31-26-28-25-23-15-5-4-13-21(23)22-14-6-7-16-24(22)30(25)27(32)29(26)20-12-8-11-19(17-20)18-9-2-1-3-10-18/h1-17,27,32H. The number of para-hydroxylation sites is 1. The molecule has 2 heterocycles. The number of hydrogen-bond acceptors (Lipinski definition) is 3. The number of aliphatic imine (C=N–C) groups is 1. The van der Waals surface area contributed by atoms with E-state index in [2.05, 4.69) is 4.99 Å². The van der Waals surface area contributed by atoms with Crippen LogP contribution in [0, 0.1) is 0 Å². The van der Waals surface area contributed by atoms with Gasteiger partial charge in [0.1, 0.15) is 5.84 Å². The molecule has 5 nitrogen and oxygen atoms in total. The predicted molar refractivity (Wildman–Crippen MR) is 127 cm³/mol. The van der Waals surface area contributed by atoms with Gasteiger partial charge in [-0.3, -0.25) is 4.90 Å². The highest BCUT2D eigenvalue weighted by Gasteiger charge is 2.41. The van der Waals surface area contributed by atoms with Crippen LogP contribution < -0.4 is 9.80 Å². The van der Waals surface area contributed by atoms with Gasteiger partial charge in [0.15, 0.2) is 0 Å². The molecular formula is C27H19N3O2. The van der Waals surface area contributed by atoms with Crippen LogP contribution in [0.15, 0.2) is 108 Å². The molecule has 4 aromatic rings. The second kappa shape index (κ2) is 7.18. The minimum Gasteiger partial charge on any atom is -0.356 e. The number of aliphatic hydroxyl groups is 1. The number of fused-ring (bicyclic) bond motifs is 6. The highest BCUT2D eigenvalue weighted by Crippen LogP contribution is 2.42. The van der Waals surface area contributed by atoms with E-state index in [-0.39, 0.29) is 0 Å². The van der Waals surface area contributed by atoms with Crippen molar-refractivity contribution in [1.82, 2.24) is 0 Å². The van der Waals surface area contributed by atoms with E-state index in [1.165, 1.54) is 4.90 Å². The van der Waals surface area contributed by atoms with Crippen molar-refractivity contribution in [1.29, 1.82) is 0 Å². The Morgan fingerprint density at radius 2 is 1.31 bits per heavy atom. The molecule has 0 saturated heterocycles. The van der Waals surface area contributed by atoms with Gasteiger partial charge < -0.3 is 5.11 Å². The molecule has 2 aliphatic rings. The van der Waals surface area contributed by atoms with E-state index in [9.17, 15) is 9.90 Å². The van der Waals surface area contributed by atoms with Crippen molar-refractivity contribution >= 4 is 23.2 Å². The van der Waals surface area contributed by atoms with Crippen LogP contribution in [-0.4, -0.2) is 23.3 Å². The highest BCUT2D eigenvalue weighted by molar-refractivity contribution is 6.24. The van der Waals surface area contributed by atoms with E-state index in [1.54, 1.807) is 4.90 Å². The second-order valence-corrected chi connectivity index (χ2v) is 7.78. The molecule has 4 aromatic carbocycles. The highest BCUT2D eigenvalue weighted by atomic mass is 16.3. The SMILES string of the molecule is O=C1N=C2c3ccccc3-c3ccccc3N2C(O)N1c1cccc(-c2ccccc2)c1. The number of rotatable bonds is 2. The summed E-state index contributed by atoms with van der Waals surface area (Å²) in [6.45, 7) is 0. The summed E-state index contributed by atoms with van der Waals surface area (Å²) >= 11 is 0. The maximum absolute atomic E-state index is 13.2. The Morgan fingerprint density at radius 1 is 0.656 bits per heavy atom. The first-order valence-corrected chi connectivity index (χ1v) is 10.5. The number of urea groups is 1. The summed E-state index contributed by atoms with van der Waals surface area (Å²) in [6.07, 6.45) is -1.23. The molecule has 154 valence electrons. The maximum atomic E-state index is 13.2. The molecule has 0 aliphatic carbocycles. The molecule has 2 aliphatic heterocycles. The van der Waals surface area contributed by atoms with E-state index >= 15 is 0 Å². The molecule has 2 amide bonds. The summed E-state index contributed by atoms with van der Waals surface area (Å²) in [5.74, 6) is 0.465. The quantitative estimate of drug-likeness (QED) is 0.468. The van der Waals surface area contributed by atoms with Crippen molar-refractivity contribution in [2.45, 2.75) is 6.35 Å². The van der Waals surface area contributed by atoms with Crippen molar-refractivity contribution in [3.63, 3.8) is 0 Å². The summed E-state index contributed by atoms with van der Waals surface area (Å²) in [6, 6.07) is 32.7. The molecule has 1 atom stereocenters. The molecule has 0 aromatic heterocycles. The van der Waals surface area contributed by atoms with Crippen molar-refractivity contribution in [2.24, 2.45) is 4.99 Å². The average Bonchev–Trinajstić information content (AvgIpc) is 2.85. The van der Waals surface area contributed by atoms with Gasteiger partial charge in [-0.15, -0.1) is 0 Å². The van der Waals surface area contributed by atoms with E-state index in [0.29, 0.717) is 11.5 Å². The topological polar surface area (TPSA) is 56.1 Å². The third-order valence-electron chi connectivity index (χ3n) is 5.95. The van der Waals surface area contributed by atoms with Gasteiger partial charge in [0.2, 0.25) is 6.35 Å². The van der Waals surface area contributed by atoms with Crippen LogP contribution in [0.2, 0.25) is 0 Å². The lowest BCUT2D eigenvalue weighted by Gasteiger charge is -2.43. The van der Waals surface area contributed by atoms with E-state index < -0.39 is 12.4 Å². The van der Waals surface area contributed by atoms with Crippen molar-refractivity contribution in [2.75, 3.05) is 9.80 Å². The summed E-state index contributed by atoms with van der Waals surface area (Å²) in [4.78, 5) is 20.7. The molecule has 1 N–H and O–H groups in total. The second-order valence-electron chi connectivity index (χ2n) is 7.78. The maximum Gasteiger partial charge on any atom is 0.353 e. The molecule has 0 bridgehead atoms. The zero-order valence-electron chi connectivity index (χ0n) is 17.1. The summed E-state index contributed by atoms with van der Waals surface area (Å²) < 4.78 is 0. The molecule has 0 radical (unpaired) electrons. The fourth-order valence-corrected chi connectivity index (χ4v) is 4.48. The number of hydrogen-bond donors (Lipinski definition) is 1. The Labute approximate surface area is 185 Å². The molecule has 0 spiro atoms.